The molecule has 6 nitrogen and oxygen atoms in total. The molecule has 0 radical (unpaired) electrons. The summed E-state index contributed by atoms with van der Waals surface area (Å²) in [7, 11) is 0. The summed E-state index contributed by atoms with van der Waals surface area (Å²) >= 11 is 0. The first-order valence-electron chi connectivity index (χ1n) is 10.0. The fraction of sp³-hybridized carbons (Fsp3) is 0.333. The number of fused-ring (bicyclic) bond motifs is 1. The first kappa shape index (κ1) is 21.4. The molecule has 0 bridgehead atoms. The van der Waals surface area contributed by atoms with E-state index in [1.807, 2.05) is 36.4 Å². The molecule has 0 fully saturated rings. The van der Waals surface area contributed by atoms with Gasteiger partial charge in [0, 0.05) is 16.8 Å². The molecule has 1 atom stereocenters. The van der Waals surface area contributed by atoms with Gasteiger partial charge in [-0.3, -0.25) is 4.79 Å². The maximum Gasteiger partial charge on any atom is 0.419 e. The number of ether oxygens (including phenoxy) is 2. The van der Waals surface area contributed by atoms with Crippen LogP contribution in [0.1, 0.15) is 44.9 Å². The predicted octanol–water partition coefficient (Wildman–Crippen LogP) is 4.90. The number of rotatable bonds is 5. The molecule has 0 saturated heterocycles. The van der Waals surface area contributed by atoms with Crippen molar-refractivity contribution >= 4 is 28.7 Å². The molecule has 0 saturated carbocycles. The van der Waals surface area contributed by atoms with Gasteiger partial charge in [0.05, 0.1) is 12.1 Å². The molecule has 158 valence electrons. The van der Waals surface area contributed by atoms with Crippen LogP contribution in [0.25, 0.3) is 10.9 Å². The number of benzene rings is 2. The van der Waals surface area contributed by atoms with Crippen LogP contribution in [0.4, 0.5) is 10.5 Å². The van der Waals surface area contributed by atoms with Gasteiger partial charge in [0.1, 0.15) is 11.5 Å². The van der Waals surface area contributed by atoms with Crippen molar-refractivity contribution in [2.45, 2.75) is 45.6 Å². The highest BCUT2D eigenvalue weighted by Gasteiger charge is 2.31. The molecule has 0 aliphatic rings. The van der Waals surface area contributed by atoms with E-state index in [9.17, 15) is 9.59 Å². The summed E-state index contributed by atoms with van der Waals surface area (Å²) in [6.07, 6.45) is -0.145. The second-order valence-electron chi connectivity index (χ2n) is 8.20. The van der Waals surface area contributed by atoms with Crippen molar-refractivity contribution in [2.75, 3.05) is 12.3 Å². The summed E-state index contributed by atoms with van der Waals surface area (Å²) in [6, 6.07) is 16.7. The minimum absolute atomic E-state index is 0.254. The predicted molar refractivity (Wildman–Crippen MR) is 118 cm³/mol. The maximum atomic E-state index is 13.1. The molecular formula is C24H28N2O4. The number of carbonyl (C=O) groups is 2. The van der Waals surface area contributed by atoms with Crippen LogP contribution >= 0.6 is 0 Å². The molecule has 2 N–H and O–H groups in total. The molecule has 2 aromatic carbocycles. The molecule has 3 rings (SSSR count). The van der Waals surface area contributed by atoms with E-state index < -0.39 is 17.6 Å². The maximum absolute atomic E-state index is 13.1. The Labute approximate surface area is 176 Å². The van der Waals surface area contributed by atoms with Gasteiger partial charge in [-0.05, 0) is 63.9 Å². The van der Waals surface area contributed by atoms with E-state index in [1.165, 1.54) is 4.57 Å². The second-order valence-corrected chi connectivity index (χ2v) is 8.20. The topological polar surface area (TPSA) is 83.5 Å². The lowest BCUT2D eigenvalue weighted by molar-refractivity contribution is -0.145. The van der Waals surface area contributed by atoms with Crippen LogP contribution in [0.2, 0.25) is 0 Å². The highest BCUT2D eigenvalue weighted by atomic mass is 16.6. The molecule has 1 aromatic heterocycles. The van der Waals surface area contributed by atoms with Crippen molar-refractivity contribution in [3.8, 4) is 0 Å². The zero-order chi connectivity index (χ0) is 21.9. The second kappa shape index (κ2) is 8.61. The van der Waals surface area contributed by atoms with Gasteiger partial charge in [-0.1, -0.05) is 30.3 Å². The normalized spacial score (nSPS) is 12.5. The molecule has 3 aromatic rings. The van der Waals surface area contributed by atoms with E-state index in [1.54, 1.807) is 45.9 Å². The molecule has 1 heterocycles. The van der Waals surface area contributed by atoms with Gasteiger partial charge in [-0.25, -0.2) is 9.36 Å². The highest BCUT2D eigenvalue weighted by Crippen LogP contribution is 2.31. The quantitative estimate of drug-likeness (QED) is 0.480. The summed E-state index contributed by atoms with van der Waals surface area (Å²) < 4.78 is 12.5. The lowest BCUT2D eigenvalue weighted by atomic mass is 9.96. The van der Waals surface area contributed by atoms with Crippen molar-refractivity contribution in [1.29, 1.82) is 0 Å². The lowest BCUT2D eigenvalue weighted by Gasteiger charge is -2.23. The Morgan fingerprint density at radius 2 is 1.77 bits per heavy atom. The number of nitrogens with two attached hydrogens (primary N) is 1. The molecule has 0 aliphatic heterocycles. The summed E-state index contributed by atoms with van der Waals surface area (Å²) in [5.74, 6) is -1.06. The van der Waals surface area contributed by atoms with E-state index in [0.717, 1.165) is 10.9 Å². The minimum Gasteiger partial charge on any atom is -0.465 e. The Balaban J connectivity index is 2.16. The summed E-state index contributed by atoms with van der Waals surface area (Å²) in [6.45, 7) is 7.44. The first-order chi connectivity index (χ1) is 14.2. The van der Waals surface area contributed by atoms with E-state index in [0.29, 0.717) is 23.3 Å². The molecule has 0 spiro atoms. The third-order valence-electron chi connectivity index (χ3n) is 4.64. The van der Waals surface area contributed by atoms with Crippen molar-refractivity contribution in [2.24, 2.45) is 0 Å². The molecular weight excluding hydrogens is 380 g/mol. The number of hydrogen-bond acceptors (Lipinski definition) is 5. The Bertz CT molecular complexity index is 1050. The van der Waals surface area contributed by atoms with Crippen LogP contribution in [0.15, 0.2) is 54.6 Å². The van der Waals surface area contributed by atoms with Crippen LogP contribution in [0, 0.1) is 0 Å². The fourth-order valence-electron chi connectivity index (χ4n) is 3.42. The Morgan fingerprint density at radius 3 is 2.40 bits per heavy atom. The smallest absolute Gasteiger partial charge is 0.419 e. The van der Waals surface area contributed by atoms with Crippen LogP contribution in [-0.2, 0) is 20.7 Å². The number of carbonyl (C=O) groups excluding carboxylic acids is 2. The summed E-state index contributed by atoms with van der Waals surface area (Å²) in [5.41, 5.74) is 7.97. The van der Waals surface area contributed by atoms with Crippen LogP contribution in [0.3, 0.4) is 0 Å². The fourth-order valence-corrected chi connectivity index (χ4v) is 3.42. The Kier molecular flexibility index (Phi) is 6.15. The highest BCUT2D eigenvalue weighted by molar-refractivity contribution is 5.94. The van der Waals surface area contributed by atoms with E-state index in [-0.39, 0.29) is 12.6 Å². The van der Waals surface area contributed by atoms with Gasteiger partial charge in [0.25, 0.3) is 0 Å². The summed E-state index contributed by atoms with van der Waals surface area (Å²) in [4.78, 5) is 26.1. The Hall–Kier alpha value is -3.28. The van der Waals surface area contributed by atoms with Crippen molar-refractivity contribution in [3.05, 3.63) is 65.9 Å². The standard InChI is InChI=1S/C24H28N2O4/c1-5-29-22(27)19(13-16-9-7-6-8-10-16)21-15-17-14-18(25)11-12-20(17)26(21)23(28)30-24(2,3)4/h6-12,14-15,19H,5,13,25H2,1-4H3. The zero-order valence-electron chi connectivity index (χ0n) is 17.8. The van der Waals surface area contributed by atoms with Crippen molar-refractivity contribution in [1.82, 2.24) is 4.57 Å². The van der Waals surface area contributed by atoms with E-state index in [2.05, 4.69) is 0 Å². The van der Waals surface area contributed by atoms with E-state index >= 15 is 0 Å². The lowest BCUT2D eigenvalue weighted by Crippen LogP contribution is -2.30. The monoisotopic (exact) mass is 408 g/mol. The molecule has 1 unspecified atom stereocenters. The molecule has 0 amide bonds. The Morgan fingerprint density at radius 1 is 1.07 bits per heavy atom. The van der Waals surface area contributed by atoms with Crippen LogP contribution < -0.4 is 5.73 Å². The van der Waals surface area contributed by atoms with Crippen molar-refractivity contribution in [3.63, 3.8) is 0 Å². The van der Waals surface area contributed by atoms with Crippen LogP contribution in [-0.4, -0.2) is 28.8 Å². The van der Waals surface area contributed by atoms with Gasteiger partial charge in [-0.2, -0.15) is 0 Å². The average molecular weight is 408 g/mol. The summed E-state index contributed by atoms with van der Waals surface area (Å²) in [5, 5.41) is 0.762. The van der Waals surface area contributed by atoms with Crippen molar-refractivity contribution < 1.29 is 19.1 Å². The number of nitrogens with zero attached hydrogens (tertiary/aromatic N) is 1. The SMILES string of the molecule is CCOC(=O)C(Cc1ccccc1)c1cc2cc(N)ccc2n1C(=O)OC(C)(C)C. The van der Waals surface area contributed by atoms with Gasteiger partial charge < -0.3 is 15.2 Å². The number of aromatic nitrogens is 1. The number of hydrogen-bond donors (Lipinski definition) is 1. The first-order valence-corrected chi connectivity index (χ1v) is 10.0. The van der Waals surface area contributed by atoms with E-state index in [4.69, 9.17) is 15.2 Å². The molecule has 30 heavy (non-hydrogen) atoms. The number of anilines is 1. The third-order valence-corrected chi connectivity index (χ3v) is 4.64. The van der Waals surface area contributed by atoms with Gasteiger partial charge in [-0.15, -0.1) is 0 Å². The molecule has 0 aliphatic carbocycles. The number of nitrogen functional groups attached to an aromatic ring is 1. The number of esters is 1. The average Bonchev–Trinajstić information content (AvgIpc) is 3.04. The minimum atomic E-state index is -0.683. The largest absolute Gasteiger partial charge is 0.465 e. The van der Waals surface area contributed by atoms with Gasteiger partial charge in [0.15, 0.2) is 0 Å². The van der Waals surface area contributed by atoms with Gasteiger partial charge >= 0.3 is 12.1 Å². The zero-order valence-corrected chi connectivity index (χ0v) is 17.8. The van der Waals surface area contributed by atoms with Gasteiger partial charge in [0.2, 0.25) is 0 Å². The molecule has 6 heteroatoms. The third kappa shape index (κ3) is 4.82. The van der Waals surface area contributed by atoms with Crippen LogP contribution in [0.5, 0.6) is 0 Å².